The average Bonchev–Trinajstić information content (AvgIpc) is 3.23. The van der Waals surface area contributed by atoms with Crippen molar-refractivity contribution < 1.29 is 9.53 Å². The summed E-state index contributed by atoms with van der Waals surface area (Å²) in [5.74, 6) is 0.0767. The number of hydrogen-bond acceptors (Lipinski definition) is 7. The van der Waals surface area contributed by atoms with Gasteiger partial charge in [0.25, 0.3) is 11.5 Å². The highest BCUT2D eigenvalue weighted by molar-refractivity contribution is 5.91. The summed E-state index contributed by atoms with van der Waals surface area (Å²) in [6, 6.07) is 1.41. The van der Waals surface area contributed by atoms with Gasteiger partial charge in [-0.05, 0) is 19.8 Å². The molecular weight excluding hydrogens is 326 g/mol. The minimum absolute atomic E-state index is 0.144. The summed E-state index contributed by atoms with van der Waals surface area (Å²) in [5.41, 5.74) is 0.667. The Kier molecular flexibility index (Phi) is 5.39. The van der Waals surface area contributed by atoms with Crippen LogP contribution in [0.5, 0.6) is 0 Å². The van der Waals surface area contributed by atoms with Gasteiger partial charge in [0.05, 0.1) is 18.8 Å². The molecule has 1 atom stereocenters. The van der Waals surface area contributed by atoms with Crippen LogP contribution in [0.25, 0.3) is 0 Å². The normalized spacial score (nSPS) is 16.8. The van der Waals surface area contributed by atoms with Crippen LogP contribution in [0.1, 0.15) is 29.0 Å². The second kappa shape index (κ2) is 7.88. The average molecular weight is 347 g/mol. The fraction of sp³-hybridized carbons (Fsp3) is 0.533. The van der Waals surface area contributed by atoms with Crippen molar-refractivity contribution in [3.63, 3.8) is 0 Å². The smallest absolute Gasteiger partial charge is 0.273 e. The Morgan fingerprint density at radius 3 is 3.12 bits per heavy atom. The Morgan fingerprint density at radius 1 is 1.48 bits per heavy atom. The Balaban J connectivity index is 1.43. The summed E-state index contributed by atoms with van der Waals surface area (Å²) in [6.07, 6.45) is 3.82. The van der Waals surface area contributed by atoms with Crippen molar-refractivity contribution in [2.75, 3.05) is 25.0 Å². The molecule has 10 heteroatoms. The van der Waals surface area contributed by atoms with Crippen LogP contribution in [0.2, 0.25) is 0 Å². The lowest BCUT2D eigenvalue weighted by molar-refractivity contribution is 0.0930. The van der Waals surface area contributed by atoms with Gasteiger partial charge in [-0.2, -0.15) is 0 Å². The number of ether oxygens (including phenoxy) is 1. The van der Waals surface area contributed by atoms with Crippen molar-refractivity contribution in [2.45, 2.75) is 32.4 Å². The number of carbonyl (C=O) groups is 1. The number of aryl methyl sites for hydroxylation is 1. The van der Waals surface area contributed by atoms with Crippen LogP contribution in [0.15, 0.2) is 17.1 Å². The van der Waals surface area contributed by atoms with Crippen molar-refractivity contribution >= 4 is 11.9 Å². The monoisotopic (exact) mass is 347 g/mol. The maximum absolute atomic E-state index is 12.1. The standard InChI is InChI=1S/C15H21N7O3/c1-10-7-13(23)19-15(18-10)17-5-4-16-14(24)12-9-22(21-20-12)8-11-3-2-6-25-11/h7,9,11H,2-6,8H2,1H3,(H,16,24)(H2,17,18,19,23). The van der Waals surface area contributed by atoms with Crippen molar-refractivity contribution in [3.05, 3.63) is 34.0 Å². The van der Waals surface area contributed by atoms with E-state index >= 15 is 0 Å². The van der Waals surface area contributed by atoms with E-state index < -0.39 is 0 Å². The molecule has 1 saturated heterocycles. The molecule has 0 radical (unpaired) electrons. The van der Waals surface area contributed by atoms with Gasteiger partial charge in [-0.15, -0.1) is 5.10 Å². The van der Waals surface area contributed by atoms with Crippen molar-refractivity contribution in [3.8, 4) is 0 Å². The lowest BCUT2D eigenvalue weighted by Gasteiger charge is -2.07. The third-order valence-electron chi connectivity index (χ3n) is 3.76. The van der Waals surface area contributed by atoms with Gasteiger partial charge >= 0.3 is 0 Å². The van der Waals surface area contributed by atoms with Crippen LogP contribution in [-0.2, 0) is 11.3 Å². The maximum Gasteiger partial charge on any atom is 0.273 e. The molecule has 1 aliphatic rings. The molecule has 1 unspecified atom stereocenters. The molecule has 0 aromatic carbocycles. The fourth-order valence-electron chi connectivity index (χ4n) is 2.60. The van der Waals surface area contributed by atoms with Crippen molar-refractivity contribution in [1.82, 2.24) is 30.3 Å². The van der Waals surface area contributed by atoms with E-state index in [9.17, 15) is 9.59 Å². The van der Waals surface area contributed by atoms with Crippen molar-refractivity contribution in [1.29, 1.82) is 0 Å². The largest absolute Gasteiger partial charge is 0.376 e. The van der Waals surface area contributed by atoms with E-state index in [1.54, 1.807) is 17.8 Å². The van der Waals surface area contributed by atoms with E-state index in [4.69, 9.17) is 4.74 Å². The SMILES string of the molecule is Cc1cc(=O)[nH]c(NCCNC(=O)c2cn(CC3CCCO3)nn2)n1. The summed E-state index contributed by atoms with van der Waals surface area (Å²) in [5, 5.41) is 13.5. The van der Waals surface area contributed by atoms with Crippen LogP contribution < -0.4 is 16.2 Å². The number of H-pyrrole nitrogens is 1. The zero-order valence-corrected chi connectivity index (χ0v) is 14.0. The molecule has 2 aromatic heterocycles. The van der Waals surface area contributed by atoms with Gasteiger partial charge in [-0.25, -0.2) is 9.67 Å². The first-order valence-corrected chi connectivity index (χ1v) is 8.22. The highest BCUT2D eigenvalue weighted by Crippen LogP contribution is 2.13. The van der Waals surface area contributed by atoms with Crippen LogP contribution >= 0.6 is 0 Å². The molecule has 0 spiro atoms. The highest BCUT2D eigenvalue weighted by atomic mass is 16.5. The summed E-state index contributed by atoms with van der Waals surface area (Å²) in [6.45, 7) is 3.90. The summed E-state index contributed by atoms with van der Waals surface area (Å²) in [7, 11) is 0. The van der Waals surface area contributed by atoms with E-state index in [1.165, 1.54) is 6.07 Å². The first-order chi connectivity index (χ1) is 12.1. The number of nitrogens with zero attached hydrogens (tertiary/aromatic N) is 4. The van der Waals surface area contributed by atoms with E-state index in [-0.39, 0.29) is 23.3 Å². The van der Waals surface area contributed by atoms with Gasteiger partial charge in [0, 0.05) is 31.5 Å². The molecule has 0 aliphatic carbocycles. The first-order valence-electron chi connectivity index (χ1n) is 8.22. The lowest BCUT2D eigenvalue weighted by atomic mass is 10.2. The molecule has 1 fully saturated rings. The third-order valence-corrected chi connectivity index (χ3v) is 3.76. The molecule has 10 nitrogen and oxygen atoms in total. The van der Waals surface area contributed by atoms with Gasteiger partial charge < -0.3 is 15.4 Å². The second-order valence-corrected chi connectivity index (χ2v) is 5.88. The Morgan fingerprint density at radius 2 is 2.36 bits per heavy atom. The topological polar surface area (TPSA) is 127 Å². The first kappa shape index (κ1) is 17.1. The number of aromatic amines is 1. The molecular formula is C15H21N7O3. The molecule has 3 rings (SSSR count). The predicted octanol–water partition coefficient (Wildman–Crippen LogP) is -0.309. The number of anilines is 1. The quantitative estimate of drug-likeness (QED) is 0.586. The number of amides is 1. The highest BCUT2D eigenvalue weighted by Gasteiger charge is 2.18. The number of rotatable bonds is 7. The summed E-state index contributed by atoms with van der Waals surface area (Å²) >= 11 is 0. The van der Waals surface area contributed by atoms with Crippen LogP contribution in [-0.4, -0.2) is 56.7 Å². The van der Waals surface area contributed by atoms with E-state index in [0.717, 1.165) is 19.4 Å². The van der Waals surface area contributed by atoms with Gasteiger partial charge in [0.2, 0.25) is 5.95 Å². The predicted molar refractivity (Wildman–Crippen MR) is 89.4 cm³/mol. The van der Waals surface area contributed by atoms with Gasteiger partial charge in [0.1, 0.15) is 0 Å². The fourth-order valence-corrected chi connectivity index (χ4v) is 2.60. The van der Waals surface area contributed by atoms with E-state index in [0.29, 0.717) is 31.3 Å². The third kappa shape index (κ3) is 4.86. The molecule has 0 bridgehead atoms. The van der Waals surface area contributed by atoms with E-state index in [2.05, 4.69) is 30.9 Å². The maximum atomic E-state index is 12.1. The Labute approximate surface area is 144 Å². The van der Waals surface area contributed by atoms with E-state index in [1.807, 2.05) is 0 Å². The molecule has 25 heavy (non-hydrogen) atoms. The zero-order valence-electron chi connectivity index (χ0n) is 14.0. The molecule has 134 valence electrons. The Hall–Kier alpha value is -2.75. The number of carbonyl (C=O) groups excluding carboxylic acids is 1. The molecule has 3 heterocycles. The Bertz CT molecular complexity index is 779. The van der Waals surface area contributed by atoms with Crippen LogP contribution in [0.4, 0.5) is 5.95 Å². The summed E-state index contributed by atoms with van der Waals surface area (Å²) in [4.78, 5) is 30.1. The summed E-state index contributed by atoms with van der Waals surface area (Å²) < 4.78 is 7.17. The van der Waals surface area contributed by atoms with Gasteiger partial charge in [0.15, 0.2) is 5.69 Å². The minimum atomic E-state index is -0.300. The zero-order chi connectivity index (χ0) is 17.6. The molecule has 3 N–H and O–H groups in total. The van der Waals surface area contributed by atoms with Crippen LogP contribution in [0, 0.1) is 6.92 Å². The second-order valence-electron chi connectivity index (χ2n) is 5.88. The van der Waals surface area contributed by atoms with Crippen molar-refractivity contribution in [2.24, 2.45) is 0 Å². The van der Waals surface area contributed by atoms with Crippen LogP contribution in [0.3, 0.4) is 0 Å². The molecule has 1 aliphatic heterocycles. The molecule has 2 aromatic rings. The minimum Gasteiger partial charge on any atom is -0.376 e. The molecule has 1 amide bonds. The molecule has 0 saturated carbocycles. The number of nitrogens with one attached hydrogen (secondary N) is 3. The van der Waals surface area contributed by atoms with Gasteiger partial charge in [-0.1, -0.05) is 5.21 Å². The van der Waals surface area contributed by atoms with Gasteiger partial charge in [-0.3, -0.25) is 14.6 Å². The number of hydrogen-bond donors (Lipinski definition) is 3. The lowest BCUT2D eigenvalue weighted by Crippen LogP contribution is -2.29. The number of aromatic nitrogens is 5.